The monoisotopic (exact) mass is 630 g/mol. The summed E-state index contributed by atoms with van der Waals surface area (Å²) in [6.07, 6.45) is 7.05. The molecule has 2 saturated heterocycles. The number of unbranched alkanes of at least 4 members (excludes halogenated alkanes) is 6. The summed E-state index contributed by atoms with van der Waals surface area (Å²) in [5.41, 5.74) is 2.89. The van der Waals surface area contributed by atoms with Gasteiger partial charge in [0, 0.05) is 0 Å². The van der Waals surface area contributed by atoms with E-state index in [0.29, 0.717) is 17.7 Å². The minimum Gasteiger partial charge on any atom is -0.494 e. The third kappa shape index (κ3) is 9.10. The Morgan fingerprint density at radius 2 is 0.957 bits per heavy atom. The number of carbonyl (C=O) groups excluding carboxylic acids is 2. The van der Waals surface area contributed by atoms with E-state index in [0.717, 1.165) is 48.5 Å². The normalized spacial score (nSPS) is 20.2. The molecule has 246 valence electrons. The van der Waals surface area contributed by atoms with Crippen LogP contribution in [0.3, 0.4) is 0 Å². The highest BCUT2D eigenvalue weighted by atomic mass is 16.7. The first-order valence-corrected chi connectivity index (χ1v) is 16.8. The maximum absolute atomic E-state index is 13.0. The number of esters is 2. The number of hydrogen-bond donors (Lipinski definition) is 0. The fourth-order valence-corrected chi connectivity index (χ4v) is 5.71. The smallest absolute Gasteiger partial charge is 0.338 e. The fraction of sp³-hybridized carbons (Fsp3) is 0.474. The van der Waals surface area contributed by atoms with Gasteiger partial charge in [-0.05, 0) is 72.5 Å². The predicted molar refractivity (Wildman–Crippen MR) is 175 cm³/mol. The van der Waals surface area contributed by atoms with Crippen molar-refractivity contribution in [3.05, 3.63) is 83.9 Å². The van der Waals surface area contributed by atoms with Crippen molar-refractivity contribution < 1.29 is 38.0 Å². The Morgan fingerprint density at radius 1 is 0.565 bits per heavy atom. The molecule has 2 aliphatic rings. The molecule has 8 nitrogen and oxygen atoms in total. The number of ether oxygens (including phenoxy) is 6. The molecule has 0 amide bonds. The number of rotatable bonds is 17. The van der Waals surface area contributed by atoms with Gasteiger partial charge in [-0.3, -0.25) is 0 Å². The lowest BCUT2D eigenvalue weighted by atomic mass is 10.0. The molecule has 0 spiro atoms. The SMILES string of the molecule is CCCCCCOc1ccc(C(=O)O[C@H]2CO[C@@H]3[C@H]2OC[C@H]3OC(=O)c2ccc(-c3ccc(OCCCCCC)cc3)cc2)cc1. The Balaban J connectivity index is 1.06. The molecule has 0 bridgehead atoms. The summed E-state index contributed by atoms with van der Waals surface area (Å²) in [4.78, 5) is 25.8. The molecule has 46 heavy (non-hydrogen) atoms. The van der Waals surface area contributed by atoms with Crippen LogP contribution < -0.4 is 9.47 Å². The van der Waals surface area contributed by atoms with E-state index in [1.165, 1.54) is 32.1 Å². The molecule has 0 N–H and O–H groups in total. The van der Waals surface area contributed by atoms with E-state index in [2.05, 4.69) is 13.8 Å². The number of hydrogen-bond acceptors (Lipinski definition) is 8. The lowest BCUT2D eigenvalue weighted by Gasteiger charge is -2.17. The molecule has 2 fully saturated rings. The van der Waals surface area contributed by atoms with Gasteiger partial charge < -0.3 is 28.4 Å². The van der Waals surface area contributed by atoms with Crippen molar-refractivity contribution in [2.75, 3.05) is 26.4 Å². The van der Waals surface area contributed by atoms with Crippen LogP contribution in [0, 0.1) is 0 Å². The highest BCUT2D eigenvalue weighted by Crippen LogP contribution is 2.32. The minimum atomic E-state index is -0.593. The zero-order valence-electron chi connectivity index (χ0n) is 27.0. The Kier molecular flexibility index (Phi) is 12.5. The summed E-state index contributed by atoms with van der Waals surface area (Å²) < 4.78 is 34.9. The zero-order chi connectivity index (χ0) is 32.1. The van der Waals surface area contributed by atoms with Crippen molar-refractivity contribution in [3.63, 3.8) is 0 Å². The van der Waals surface area contributed by atoms with Gasteiger partial charge >= 0.3 is 11.9 Å². The van der Waals surface area contributed by atoms with Gasteiger partial charge in [0.15, 0.2) is 12.2 Å². The Labute approximate surface area is 272 Å². The van der Waals surface area contributed by atoms with Crippen LogP contribution in [0.1, 0.15) is 85.9 Å². The van der Waals surface area contributed by atoms with E-state index in [4.69, 9.17) is 28.4 Å². The second-order valence-electron chi connectivity index (χ2n) is 11.9. The topological polar surface area (TPSA) is 89.5 Å². The van der Waals surface area contributed by atoms with Crippen molar-refractivity contribution in [2.45, 2.75) is 89.6 Å². The van der Waals surface area contributed by atoms with Crippen LogP contribution in [-0.4, -0.2) is 62.8 Å². The van der Waals surface area contributed by atoms with Gasteiger partial charge in [0.25, 0.3) is 0 Å². The van der Waals surface area contributed by atoms with E-state index in [-0.39, 0.29) is 13.2 Å². The summed E-state index contributed by atoms with van der Waals surface area (Å²) in [7, 11) is 0. The van der Waals surface area contributed by atoms with Crippen LogP contribution in [0.2, 0.25) is 0 Å². The molecular formula is C38H46O8. The summed E-state index contributed by atoms with van der Waals surface area (Å²) in [6.45, 7) is 6.10. The Bertz CT molecular complexity index is 1370. The van der Waals surface area contributed by atoms with E-state index in [1.807, 2.05) is 36.4 Å². The molecule has 0 unspecified atom stereocenters. The van der Waals surface area contributed by atoms with Crippen LogP contribution in [0.25, 0.3) is 11.1 Å². The van der Waals surface area contributed by atoms with Crippen LogP contribution in [0.15, 0.2) is 72.8 Å². The molecule has 5 rings (SSSR count). The third-order valence-electron chi connectivity index (χ3n) is 8.41. The van der Waals surface area contributed by atoms with Crippen molar-refractivity contribution in [1.29, 1.82) is 0 Å². The van der Waals surface area contributed by atoms with E-state index in [9.17, 15) is 9.59 Å². The van der Waals surface area contributed by atoms with Gasteiger partial charge in [-0.1, -0.05) is 76.6 Å². The molecule has 4 atom stereocenters. The highest BCUT2D eigenvalue weighted by molar-refractivity contribution is 5.90. The first kappa shape index (κ1) is 33.5. The molecule has 2 aliphatic heterocycles. The maximum Gasteiger partial charge on any atom is 0.338 e. The standard InChI is InChI=1S/C38H46O8/c1-3-5-7-9-23-41-31-19-15-28(16-20-31)27-11-13-29(14-12-27)37(39)45-33-25-43-36-34(26-44-35(33)36)46-38(40)30-17-21-32(22-18-30)42-24-10-8-6-4-2/h11-22,33-36H,3-10,23-26H2,1-2H3/t33-,34+,35+,36+/m1/s1. The molecule has 3 aromatic carbocycles. The van der Waals surface area contributed by atoms with Crippen LogP contribution in [0.5, 0.6) is 11.5 Å². The lowest BCUT2D eigenvalue weighted by Crippen LogP contribution is -2.36. The van der Waals surface area contributed by atoms with Crippen molar-refractivity contribution in [2.24, 2.45) is 0 Å². The number of benzene rings is 3. The summed E-state index contributed by atoms with van der Waals surface area (Å²) in [6, 6.07) is 22.3. The maximum atomic E-state index is 13.0. The fourth-order valence-electron chi connectivity index (χ4n) is 5.71. The van der Waals surface area contributed by atoms with Crippen LogP contribution >= 0.6 is 0 Å². The second-order valence-corrected chi connectivity index (χ2v) is 11.9. The lowest BCUT2D eigenvalue weighted by molar-refractivity contribution is -0.0287. The molecular weight excluding hydrogens is 584 g/mol. The summed E-state index contributed by atoms with van der Waals surface area (Å²) >= 11 is 0. The molecule has 2 heterocycles. The average Bonchev–Trinajstić information content (AvgIpc) is 3.68. The van der Waals surface area contributed by atoms with Gasteiger partial charge in [-0.2, -0.15) is 0 Å². The van der Waals surface area contributed by atoms with E-state index < -0.39 is 36.4 Å². The molecule has 3 aromatic rings. The van der Waals surface area contributed by atoms with Crippen LogP contribution in [0.4, 0.5) is 0 Å². The summed E-state index contributed by atoms with van der Waals surface area (Å²) in [5, 5.41) is 0. The third-order valence-corrected chi connectivity index (χ3v) is 8.41. The van der Waals surface area contributed by atoms with Crippen molar-refractivity contribution >= 4 is 11.9 Å². The molecule has 8 heteroatoms. The number of fused-ring (bicyclic) bond motifs is 1. The van der Waals surface area contributed by atoms with Gasteiger partial charge in [0.05, 0.1) is 37.6 Å². The van der Waals surface area contributed by atoms with Gasteiger partial charge in [0.2, 0.25) is 0 Å². The first-order chi connectivity index (χ1) is 22.6. The zero-order valence-corrected chi connectivity index (χ0v) is 27.0. The van der Waals surface area contributed by atoms with E-state index >= 15 is 0 Å². The second kappa shape index (κ2) is 17.2. The molecule has 0 saturated carbocycles. The van der Waals surface area contributed by atoms with Crippen molar-refractivity contribution in [1.82, 2.24) is 0 Å². The predicted octanol–water partition coefficient (Wildman–Crippen LogP) is 7.82. The summed E-state index contributed by atoms with van der Waals surface area (Å²) in [5.74, 6) is 0.668. The minimum absolute atomic E-state index is 0.171. The van der Waals surface area contributed by atoms with Gasteiger partial charge in [0.1, 0.15) is 23.7 Å². The van der Waals surface area contributed by atoms with Gasteiger partial charge in [-0.25, -0.2) is 9.59 Å². The van der Waals surface area contributed by atoms with Gasteiger partial charge in [-0.15, -0.1) is 0 Å². The van der Waals surface area contributed by atoms with Crippen molar-refractivity contribution in [3.8, 4) is 22.6 Å². The quantitative estimate of drug-likeness (QED) is 0.110. The van der Waals surface area contributed by atoms with E-state index in [1.54, 1.807) is 36.4 Å². The molecule has 0 aromatic heterocycles. The van der Waals surface area contributed by atoms with Crippen LogP contribution in [-0.2, 0) is 18.9 Å². The Morgan fingerprint density at radius 3 is 1.39 bits per heavy atom. The molecule has 0 radical (unpaired) electrons. The molecule has 0 aliphatic carbocycles. The Hall–Kier alpha value is -3.88. The average molecular weight is 631 g/mol. The number of carbonyl (C=O) groups is 2. The highest BCUT2D eigenvalue weighted by Gasteiger charge is 2.51. The first-order valence-electron chi connectivity index (χ1n) is 16.8. The largest absolute Gasteiger partial charge is 0.494 e.